The molecule has 0 radical (unpaired) electrons. The third kappa shape index (κ3) is 11.0. The fraction of sp³-hybridized carbons (Fsp3) is 0.600. The second-order valence-electron chi connectivity index (χ2n) is 12.2. The zero-order valence-electron chi connectivity index (χ0n) is 26.5. The number of carbonyl (C=O) groups excluding carboxylic acids is 1. The minimum absolute atomic E-state index is 0.0801. The lowest BCUT2D eigenvalue weighted by molar-refractivity contribution is 0.0402. The van der Waals surface area contributed by atoms with E-state index in [2.05, 4.69) is 52.3 Å². The Balaban J connectivity index is 1.05. The van der Waals surface area contributed by atoms with E-state index in [1.807, 2.05) is 17.0 Å². The Morgan fingerprint density at radius 2 is 1.80 bits per heavy atom. The van der Waals surface area contributed by atoms with Crippen LogP contribution in [0.2, 0.25) is 0 Å². The van der Waals surface area contributed by atoms with Crippen LogP contribution >= 0.6 is 0 Å². The molecule has 1 aliphatic carbocycles. The van der Waals surface area contributed by atoms with Gasteiger partial charge in [0.2, 0.25) is 0 Å². The van der Waals surface area contributed by atoms with Gasteiger partial charge in [-0.2, -0.15) is 0 Å². The van der Waals surface area contributed by atoms with Gasteiger partial charge in [0.15, 0.2) is 0 Å². The summed E-state index contributed by atoms with van der Waals surface area (Å²) in [4.78, 5) is 19.9. The monoisotopic (exact) mass is 607 g/mol. The van der Waals surface area contributed by atoms with Crippen molar-refractivity contribution in [1.82, 2.24) is 15.5 Å². The molecule has 0 bridgehead atoms. The fourth-order valence-electron chi connectivity index (χ4n) is 5.97. The van der Waals surface area contributed by atoms with Crippen LogP contribution in [0.15, 0.2) is 47.6 Å². The number of amides is 2. The molecule has 0 unspecified atom stereocenters. The number of aliphatic hydroxyl groups is 1. The Morgan fingerprint density at radius 1 is 1.02 bits per heavy atom. The molecule has 1 saturated heterocycles. The summed E-state index contributed by atoms with van der Waals surface area (Å²) in [5, 5.41) is 34.7. The van der Waals surface area contributed by atoms with Gasteiger partial charge in [-0.3, -0.25) is 0 Å². The molecule has 1 aliphatic heterocycles. The number of aromatic hydroxyl groups is 1. The summed E-state index contributed by atoms with van der Waals surface area (Å²) in [6.07, 6.45) is 12.1. The van der Waals surface area contributed by atoms with Crippen molar-refractivity contribution in [3.8, 4) is 5.75 Å². The molecule has 0 saturated carbocycles. The number of anilines is 1. The molecule has 4 rings (SSSR count). The number of carbonyl (C=O) groups is 1. The third-order valence-corrected chi connectivity index (χ3v) is 8.63. The largest absolute Gasteiger partial charge is 0.508 e. The van der Waals surface area contributed by atoms with Crippen molar-refractivity contribution in [2.24, 2.45) is 5.16 Å². The first kappa shape index (κ1) is 33.6. The SMILES string of the molecule is CCCCCCCCNC(=O)N1CCC(Nc2ccc(CCNC[C@H](O)CO/N=C3\CCCc4c(O)cccc43)cc2)CC1. The molecule has 9 nitrogen and oxygen atoms in total. The molecule has 2 aliphatic rings. The Hall–Kier alpha value is -3.30. The van der Waals surface area contributed by atoms with E-state index in [9.17, 15) is 15.0 Å². The molecule has 1 fully saturated rings. The van der Waals surface area contributed by atoms with Crippen LogP contribution in [0, 0.1) is 0 Å². The first-order valence-corrected chi connectivity index (χ1v) is 16.8. The summed E-state index contributed by atoms with van der Waals surface area (Å²) in [5.41, 5.74) is 5.03. The van der Waals surface area contributed by atoms with E-state index in [1.165, 1.54) is 37.7 Å². The number of urea groups is 1. The standard InChI is InChI=1S/C35H53N5O4/c1-2-3-4-5-6-7-21-37-35(43)40-23-19-29(20-24-40)38-28-16-14-27(15-17-28)18-22-36-25-30(41)26-44-39-33-12-8-11-32-31(33)10-9-13-34(32)42/h9-10,13-17,29-30,36,38,41-42H,2-8,11-12,18-26H2,1H3,(H,37,43)/b39-33+/t30-/m0/s1. The number of nitrogens with zero attached hydrogens (tertiary/aromatic N) is 2. The second kappa shape index (κ2) is 18.5. The molecule has 2 amide bonds. The highest BCUT2D eigenvalue weighted by molar-refractivity contribution is 6.02. The molecular formula is C35H53N5O4. The zero-order chi connectivity index (χ0) is 31.0. The van der Waals surface area contributed by atoms with E-state index >= 15 is 0 Å². The first-order valence-electron chi connectivity index (χ1n) is 16.8. The van der Waals surface area contributed by atoms with Crippen LogP contribution in [0.1, 0.15) is 87.8 Å². The van der Waals surface area contributed by atoms with Crippen LogP contribution in [-0.4, -0.2) is 78.3 Å². The van der Waals surface area contributed by atoms with Crippen LogP contribution < -0.4 is 16.0 Å². The summed E-state index contributed by atoms with van der Waals surface area (Å²) >= 11 is 0. The average Bonchev–Trinajstić information content (AvgIpc) is 3.04. The molecule has 242 valence electrons. The molecule has 9 heteroatoms. The van der Waals surface area contributed by atoms with Crippen molar-refractivity contribution in [3.63, 3.8) is 0 Å². The Labute approximate surface area is 263 Å². The number of aliphatic hydroxyl groups excluding tert-OH is 1. The van der Waals surface area contributed by atoms with Gasteiger partial charge in [-0.1, -0.05) is 68.4 Å². The maximum absolute atomic E-state index is 12.5. The number of nitrogens with one attached hydrogen (secondary N) is 3. The number of rotatable bonds is 17. The van der Waals surface area contributed by atoms with Crippen LogP contribution in [0.5, 0.6) is 5.75 Å². The van der Waals surface area contributed by atoms with Gasteiger partial charge in [-0.25, -0.2) is 4.79 Å². The van der Waals surface area contributed by atoms with Gasteiger partial charge in [0.25, 0.3) is 0 Å². The molecule has 5 N–H and O–H groups in total. The van der Waals surface area contributed by atoms with Gasteiger partial charge < -0.3 is 35.9 Å². The second-order valence-corrected chi connectivity index (χ2v) is 12.2. The number of phenols is 1. The van der Waals surface area contributed by atoms with Crippen molar-refractivity contribution < 1.29 is 19.8 Å². The average molecular weight is 608 g/mol. The highest BCUT2D eigenvalue weighted by Crippen LogP contribution is 2.29. The van der Waals surface area contributed by atoms with Crippen molar-refractivity contribution in [3.05, 3.63) is 59.2 Å². The van der Waals surface area contributed by atoms with Crippen LogP contribution in [0.3, 0.4) is 0 Å². The predicted molar refractivity (Wildman–Crippen MR) is 178 cm³/mol. The molecule has 1 atom stereocenters. The van der Waals surface area contributed by atoms with E-state index in [1.54, 1.807) is 6.07 Å². The summed E-state index contributed by atoms with van der Waals surface area (Å²) in [6, 6.07) is 14.5. The first-order chi connectivity index (χ1) is 21.5. The van der Waals surface area contributed by atoms with Crippen molar-refractivity contribution >= 4 is 17.4 Å². The number of unbranched alkanes of at least 4 members (excludes halogenated alkanes) is 5. The molecule has 2 aromatic rings. The molecular weight excluding hydrogens is 554 g/mol. The number of likely N-dealkylation sites (tertiary alicyclic amines) is 1. The number of oxime groups is 1. The van der Waals surface area contributed by atoms with Gasteiger partial charge in [0.1, 0.15) is 18.5 Å². The minimum atomic E-state index is -0.657. The summed E-state index contributed by atoms with van der Waals surface area (Å²) in [6.45, 7) is 5.88. The maximum Gasteiger partial charge on any atom is 0.317 e. The van der Waals surface area contributed by atoms with Crippen molar-refractivity contribution in [2.45, 2.75) is 96.1 Å². The van der Waals surface area contributed by atoms with Crippen molar-refractivity contribution in [1.29, 1.82) is 0 Å². The van der Waals surface area contributed by atoms with Crippen LogP contribution in [0.25, 0.3) is 0 Å². The van der Waals surface area contributed by atoms with Crippen LogP contribution in [-0.2, 0) is 17.7 Å². The Kier molecular flexibility index (Phi) is 14.1. The minimum Gasteiger partial charge on any atom is -0.508 e. The number of hydrogen-bond donors (Lipinski definition) is 5. The highest BCUT2D eigenvalue weighted by Gasteiger charge is 2.22. The fourth-order valence-corrected chi connectivity index (χ4v) is 5.97. The lowest BCUT2D eigenvalue weighted by atomic mass is 9.89. The van der Waals surface area contributed by atoms with Crippen LogP contribution in [0.4, 0.5) is 10.5 Å². The third-order valence-electron chi connectivity index (χ3n) is 8.63. The summed E-state index contributed by atoms with van der Waals surface area (Å²) in [7, 11) is 0. The topological polar surface area (TPSA) is 118 Å². The summed E-state index contributed by atoms with van der Waals surface area (Å²) < 4.78 is 0. The van der Waals surface area contributed by atoms with E-state index < -0.39 is 6.10 Å². The van der Waals surface area contributed by atoms with E-state index in [4.69, 9.17) is 4.84 Å². The van der Waals surface area contributed by atoms with Gasteiger partial charge in [-0.05, 0) is 75.3 Å². The number of phenolic OH excluding ortho intramolecular Hbond substituents is 1. The smallest absolute Gasteiger partial charge is 0.317 e. The zero-order valence-corrected chi connectivity index (χ0v) is 26.5. The molecule has 0 aromatic heterocycles. The molecule has 44 heavy (non-hydrogen) atoms. The predicted octanol–water partition coefficient (Wildman–Crippen LogP) is 5.59. The lowest BCUT2D eigenvalue weighted by Crippen LogP contribution is -2.47. The number of benzene rings is 2. The molecule has 1 heterocycles. The quantitative estimate of drug-likeness (QED) is 0.118. The molecule has 2 aromatic carbocycles. The number of piperidine rings is 1. The number of fused-ring (bicyclic) bond motifs is 1. The van der Waals surface area contributed by atoms with E-state index in [0.29, 0.717) is 18.3 Å². The Bertz CT molecular complexity index is 1160. The Morgan fingerprint density at radius 3 is 2.59 bits per heavy atom. The highest BCUT2D eigenvalue weighted by atomic mass is 16.6. The van der Waals surface area contributed by atoms with Gasteiger partial charge in [-0.15, -0.1) is 0 Å². The molecule has 0 spiro atoms. The maximum atomic E-state index is 12.5. The summed E-state index contributed by atoms with van der Waals surface area (Å²) in [5.74, 6) is 0.307. The van der Waals surface area contributed by atoms with Gasteiger partial charge >= 0.3 is 6.03 Å². The lowest BCUT2D eigenvalue weighted by Gasteiger charge is -2.33. The normalized spacial score (nSPS) is 16.9. The van der Waals surface area contributed by atoms with Crippen molar-refractivity contribution in [2.75, 3.05) is 44.6 Å². The van der Waals surface area contributed by atoms with E-state index in [0.717, 1.165) is 93.7 Å². The van der Waals surface area contributed by atoms with Gasteiger partial charge in [0.05, 0.1) is 5.71 Å². The van der Waals surface area contributed by atoms with Gasteiger partial charge in [0, 0.05) is 49.0 Å². The van der Waals surface area contributed by atoms with E-state index in [-0.39, 0.29) is 12.6 Å². The number of hydrogen-bond acceptors (Lipinski definition) is 7.